The Kier molecular flexibility index (Phi) is 58.3. The van der Waals surface area contributed by atoms with Crippen LogP contribution in [0.5, 0.6) is 0 Å². The number of primary amides is 1. The number of alkyl halides is 6. The van der Waals surface area contributed by atoms with E-state index in [9.17, 15) is 60.8 Å². The number of terminal acetylenes is 1. The molecule has 5 aromatic carbocycles. The predicted molar refractivity (Wildman–Crippen MR) is 368 cm³/mol. The minimum atomic E-state index is -4.84. The zero-order chi connectivity index (χ0) is 72.5. The third-order valence-electron chi connectivity index (χ3n) is 13.5. The van der Waals surface area contributed by atoms with E-state index >= 15 is 0 Å². The Morgan fingerprint density at radius 2 is 0.845 bits per heavy atom. The van der Waals surface area contributed by atoms with Gasteiger partial charge in [0.05, 0.1) is 0 Å². The van der Waals surface area contributed by atoms with Crippen LogP contribution in [0.3, 0.4) is 0 Å². The number of aliphatic hydroxyl groups is 3. The first-order valence-corrected chi connectivity index (χ1v) is 32.8. The number of benzene rings is 5. The van der Waals surface area contributed by atoms with Crippen molar-refractivity contribution in [3.63, 3.8) is 0 Å². The molecule has 524 valence electrons. The number of aryl methyl sites for hydroxylation is 5. The fourth-order valence-corrected chi connectivity index (χ4v) is 8.73. The number of carboxylic acid groups (broad SMARTS) is 1. The van der Waals surface area contributed by atoms with E-state index < -0.39 is 46.9 Å². The minimum Gasteiger partial charge on any atom is -1.00 e. The van der Waals surface area contributed by atoms with Crippen molar-refractivity contribution in [2.75, 3.05) is 19.6 Å². The molecule has 0 bridgehead atoms. The zero-order valence-electron chi connectivity index (χ0n) is 57.3. The van der Waals surface area contributed by atoms with Crippen LogP contribution in [0.4, 0.5) is 26.3 Å². The van der Waals surface area contributed by atoms with Crippen molar-refractivity contribution in [3.05, 3.63) is 174 Å². The van der Waals surface area contributed by atoms with Gasteiger partial charge in [-0.2, -0.15) is 26.3 Å². The molecule has 97 heavy (non-hydrogen) atoms. The Morgan fingerprint density at radius 3 is 1.10 bits per heavy atom. The van der Waals surface area contributed by atoms with E-state index in [1.54, 1.807) is 0 Å². The van der Waals surface area contributed by atoms with Gasteiger partial charge in [-0.25, -0.2) is 0 Å². The van der Waals surface area contributed by atoms with Crippen LogP contribution in [0.15, 0.2) is 135 Å². The Morgan fingerprint density at radius 1 is 0.546 bits per heavy atom. The Hall–Kier alpha value is -3.78. The summed E-state index contributed by atoms with van der Waals surface area (Å²) in [4.78, 5) is 53.1. The minimum absolute atomic E-state index is 0. The van der Waals surface area contributed by atoms with E-state index in [0.29, 0.717) is 83.6 Å². The largest absolute Gasteiger partial charge is 1.00 e. The van der Waals surface area contributed by atoms with Gasteiger partial charge in [0.2, 0.25) is 5.91 Å². The maximum Gasteiger partial charge on any atom is 1.00 e. The summed E-state index contributed by atoms with van der Waals surface area (Å²) in [6.07, 6.45) is 4.96. The standard InChI is InChI=1S/C18H22F3NO2.C16H23NO.C11H11BrF3NO.C9H10BrNO.C9H9BrO2.C7H12O.CH2O3.2K.H/c1-3-17(24,4-2)11-10-15-8-5-7-14(13-15)9-6-12-22-16(23)18(19,20)21;1-3-16(18,4-2)11-10-15-8-5-7-14(13-15)9-6-12-17;12-9-5-1-3-8(7-9)4-2-6-16-10(17)11(13,14)15;2*10-8-3-1-2-7(6-8)4-5-9(11)12;1-4-7(8,5-2)6-3;2-1-4-3;;;/h5,7-8,13,24H,3-4,6,9,12H2,1-2H3,(H,22,23);5,7-8,13,18H,3-4,6,9,12,17H2,1-2H3;1,3,5,7H,2,4,6H2,(H,16,17);1-3,6H,4-5H2,(H2,11,12);1-3,6H,4-5H2,(H,11,12);1,8H,5-6H2,2-3H3;1,3H;;;/q;;;;;;;2*+1;-1/p-1. The van der Waals surface area contributed by atoms with Crippen molar-refractivity contribution in [2.45, 2.75) is 173 Å². The summed E-state index contributed by atoms with van der Waals surface area (Å²) >= 11 is 9.98. The Labute approximate surface area is 679 Å². The van der Waals surface area contributed by atoms with Crippen LogP contribution >= 0.6 is 47.8 Å². The number of amides is 3. The van der Waals surface area contributed by atoms with Crippen molar-refractivity contribution in [2.24, 2.45) is 11.5 Å². The van der Waals surface area contributed by atoms with Gasteiger partial charge in [0.1, 0.15) is 16.8 Å². The van der Waals surface area contributed by atoms with E-state index in [-0.39, 0.29) is 136 Å². The quantitative estimate of drug-likeness (QED) is 0.00603. The van der Waals surface area contributed by atoms with Gasteiger partial charge in [0.25, 0.3) is 6.47 Å². The number of carbonyl (C=O) groups is 5. The summed E-state index contributed by atoms with van der Waals surface area (Å²) in [6, 6.07) is 38.5. The van der Waals surface area contributed by atoms with E-state index in [1.807, 2.05) is 161 Å². The summed E-state index contributed by atoms with van der Waals surface area (Å²) in [6.45, 7) is 11.9. The van der Waals surface area contributed by atoms with Gasteiger partial charge in [-0.05, 0) is 185 Å². The topological polar surface area (TPSA) is 275 Å². The number of carboxylic acids is 1. The molecule has 5 aromatic rings. The molecule has 5 rings (SSSR count). The molecule has 0 saturated heterocycles. The second kappa shape index (κ2) is 56.8. The third-order valence-corrected chi connectivity index (χ3v) is 15.0. The van der Waals surface area contributed by atoms with Crippen molar-refractivity contribution < 1.29 is 185 Å². The SMILES string of the molecule is C#CC(O)(CC)CC.CCC(O)(C#Cc1cccc(CCCN)c1)CC.CCC(O)(C#Cc1cccc(CCCNC(=O)C(F)(F)F)c1)CC.NC(=O)CCc1cccc(Br)c1.O=C(NCCCc1cccc(Br)c1)C(F)(F)F.O=C(O)CCc1cccc(Br)c1.O=CO[O-].[H-].[K+].[K+]. The van der Waals surface area contributed by atoms with Gasteiger partial charge in [-0.1, -0.05) is 180 Å². The fraction of sp³-hybridized carbons (Fsp3) is 0.423. The van der Waals surface area contributed by atoms with Crippen LogP contribution in [0.25, 0.3) is 0 Å². The maximum atomic E-state index is 12.0. The second-order valence-corrected chi connectivity index (χ2v) is 23.6. The van der Waals surface area contributed by atoms with Gasteiger partial charge in [-0.3, -0.25) is 24.0 Å². The van der Waals surface area contributed by atoms with Crippen molar-refractivity contribution in [3.8, 4) is 36.0 Å². The number of nitrogens with one attached hydrogen (secondary N) is 2. The van der Waals surface area contributed by atoms with Crippen molar-refractivity contribution >= 4 is 78.0 Å². The normalized spacial score (nSPS) is 10.4. The van der Waals surface area contributed by atoms with Gasteiger partial charge >= 0.3 is 133 Å². The molecule has 0 atom stereocenters. The van der Waals surface area contributed by atoms with Crippen LogP contribution in [-0.4, -0.2) is 99.4 Å². The van der Waals surface area contributed by atoms with E-state index in [4.69, 9.17) is 33.0 Å². The molecule has 0 spiro atoms. The molecule has 3 amide bonds. The number of carbonyl (C=O) groups excluding carboxylic acids is 4. The summed E-state index contributed by atoms with van der Waals surface area (Å²) in [5.41, 5.74) is 14.9. The molecule has 0 radical (unpaired) electrons. The van der Waals surface area contributed by atoms with Gasteiger partial charge in [0.15, 0.2) is 0 Å². The van der Waals surface area contributed by atoms with Crippen LogP contribution in [-0.2, 0) is 61.0 Å². The molecular weight excluding hydrogens is 1520 g/mol. The van der Waals surface area contributed by atoms with Gasteiger partial charge in [0, 0.05) is 50.5 Å². The average Bonchev–Trinajstić information content (AvgIpc) is 0.935. The molecule has 0 heterocycles. The number of halogens is 9. The smallest absolute Gasteiger partial charge is 1.00 e. The first-order valence-electron chi connectivity index (χ1n) is 30.4. The number of aliphatic carboxylic acids is 1. The molecule has 26 heteroatoms. The summed E-state index contributed by atoms with van der Waals surface area (Å²) in [5, 5.41) is 50.0. The summed E-state index contributed by atoms with van der Waals surface area (Å²) < 4.78 is 74.6. The molecule has 0 fully saturated rings. The molecule has 0 saturated carbocycles. The monoisotopic (exact) mass is 1600 g/mol. The molecule has 0 aliphatic carbocycles. The molecule has 0 aliphatic heterocycles. The molecule has 0 unspecified atom stereocenters. The molecule has 10 N–H and O–H groups in total. The Balaban J connectivity index is -0.000000356. The first kappa shape index (κ1) is 99.6. The van der Waals surface area contributed by atoms with Crippen molar-refractivity contribution in [1.29, 1.82) is 0 Å². The number of rotatable bonds is 24. The molecule has 0 aliphatic rings. The third kappa shape index (κ3) is 51.9. The summed E-state index contributed by atoms with van der Waals surface area (Å²) in [7, 11) is 0. The van der Waals surface area contributed by atoms with E-state index in [2.05, 4.69) is 94.4 Å². The molecule has 15 nitrogen and oxygen atoms in total. The number of hydrogen-bond acceptors (Lipinski definition) is 11. The van der Waals surface area contributed by atoms with Crippen LogP contribution in [0.2, 0.25) is 0 Å². The van der Waals surface area contributed by atoms with Crippen LogP contribution < -0.4 is 130 Å². The van der Waals surface area contributed by atoms with Crippen LogP contribution in [0.1, 0.15) is 153 Å². The number of hydrogen-bond donors (Lipinski definition) is 8. The second-order valence-electron chi connectivity index (χ2n) is 20.8. The van der Waals surface area contributed by atoms with Crippen molar-refractivity contribution in [1.82, 2.24) is 10.6 Å². The molecular formula is C71H89Br3F6K2N4O11. The predicted octanol–water partition coefficient (Wildman–Crippen LogP) is 6.80. The summed E-state index contributed by atoms with van der Waals surface area (Å²) in [5.74, 6) is 9.37. The maximum absolute atomic E-state index is 12.0. The average molecular weight is 1610 g/mol. The van der Waals surface area contributed by atoms with E-state index in [0.717, 1.165) is 66.1 Å². The van der Waals surface area contributed by atoms with Gasteiger partial charge in [-0.15, -0.1) is 6.42 Å². The van der Waals surface area contributed by atoms with E-state index in [1.165, 1.54) is 5.56 Å². The van der Waals surface area contributed by atoms with Gasteiger partial charge < -0.3 is 54.1 Å². The first-order chi connectivity index (χ1) is 44.7. The van der Waals surface area contributed by atoms with Crippen LogP contribution in [0, 0.1) is 36.0 Å². The Bertz CT molecular complexity index is 3180. The molecule has 0 aromatic heterocycles. The number of nitrogens with two attached hydrogens (primary N) is 2. The fourth-order valence-electron chi connectivity index (χ4n) is 7.39. The zero-order valence-corrected chi connectivity index (χ0v) is 67.3.